The lowest BCUT2D eigenvalue weighted by molar-refractivity contribution is 0.684. The minimum Gasteiger partial charge on any atom is -0.303 e. The summed E-state index contributed by atoms with van der Waals surface area (Å²) in [5, 5.41) is 3.21. The highest BCUT2D eigenvalue weighted by molar-refractivity contribution is 7.99. The molecule has 1 atom stereocenters. The Labute approximate surface area is 68.0 Å². The molecule has 0 aliphatic rings. The van der Waals surface area contributed by atoms with Gasteiger partial charge in [0.1, 0.15) is 0 Å². The number of terminal acetylenes is 1. The van der Waals surface area contributed by atoms with Crippen LogP contribution in [0.5, 0.6) is 0 Å². The lowest BCUT2D eigenvalue weighted by atomic mass is 10.3. The number of rotatable bonds is 5. The first-order valence-electron chi connectivity index (χ1n) is 3.62. The van der Waals surface area contributed by atoms with E-state index in [-0.39, 0.29) is 6.04 Å². The van der Waals surface area contributed by atoms with Gasteiger partial charge in [0.15, 0.2) is 0 Å². The Morgan fingerprint density at radius 1 is 1.60 bits per heavy atom. The van der Waals surface area contributed by atoms with Crippen LogP contribution in [-0.4, -0.2) is 24.1 Å². The maximum Gasteiger partial charge on any atom is 0.0778 e. The zero-order valence-corrected chi connectivity index (χ0v) is 7.50. The summed E-state index contributed by atoms with van der Waals surface area (Å²) in [4.78, 5) is 0. The molecular formula is C8H15NS. The van der Waals surface area contributed by atoms with Crippen molar-refractivity contribution in [1.29, 1.82) is 0 Å². The van der Waals surface area contributed by atoms with E-state index in [9.17, 15) is 0 Å². The highest BCUT2D eigenvalue weighted by Gasteiger charge is 1.99. The molecule has 0 heterocycles. The fourth-order valence-electron chi connectivity index (χ4n) is 0.648. The van der Waals surface area contributed by atoms with Crippen molar-refractivity contribution >= 4 is 11.8 Å². The summed E-state index contributed by atoms with van der Waals surface area (Å²) < 4.78 is 0. The third-order valence-corrected chi connectivity index (χ3v) is 2.12. The second-order valence-electron chi connectivity index (χ2n) is 1.94. The molecular weight excluding hydrogens is 142 g/mol. The maximum atomic E-state index is 5.27. The predicted octanol–water partition coefficient (Wildman–Crippen LogP) is 1.35. The number of nitrogens with one attached hydrogen (secondary N) is 1. The van der Waals surface area contributed by atoms with E-state index < -0.39 is 0 Å². The highest BCUT2D eigenvalue weighted by Crippen LogP contribution is 2.00. The van der Waals surface area contributed by atoms with Gasteiger partial charge in [-0.1, -0.05) is 19.8 Å². The van der Waals surface area contributed by atoms with Gasteiger partial charge in [-0.05, 0) is 12.3 Å². The first kappa shape index (κ1) is 9.87. The summed E-state index contributed by atoms with van der Waals surface area (Å²) in [6.45, 7) is 5.17. The van der Waals surface area contributed by atoms with Gasteiger partial charge in [0.25, 0.3) is 0 Å². The van der Waals surface area contributed by atoms with Crippen molar-refractivity contribution in [1.82, 2.24) is 5.32 Å². The molecule has 0 aliphatic carbocycles. The molecule has 0 saturated heterocycles. The number of hydrogen-bond donors (Lipinski definition) is 1. The highest BCUT2D eigenvalue weighted by atomic mass is 32.2. The molecule has 0 aliphatic heterocycles. The Morgan fingerprint density at radius 2 is 2.30 bits per heavy atom. The fourth-order valence-corrected chi connectivity index (χ4v) is 1.33. The van der Waals surface area contributed by atoms with E-state index in [1.165, 1.54) is 0 Å². The smallest absolute Gasteiger partial charge is 0.0778 e. The molecule has 1 nitrogen and oxygen atoms in total. The van der Waals surface area contributed by atoms with Crippen LogP contribution in [0.4, 0.5) is 0 Å². The van der Waals surface area contributed by atoms with E-state index >= 15 is 0 Å². The Kier molecular flexibility index (Phi) is 6.89. The largest absolute Gasteiger partial charge is 0.303 e. The Morgan fingerprint density at radius 3 is 2.70 bits per heavy atom. The molecule has 0 saturated carbocycles. The second kappa shape index (κ2) is 6.98. The van der Waals surface area contributed by atoms with Gasteiger partial charge in [-0.25, -0.2) is 0 Å². The summed E-state index contributed by atoms with van der Waals surface area (Å²) in [6, 6.07) is 0.259. The molecule has 0 aromatic heterocycles. The van der Waals surface area contributed by atoms with Crippen molar-refractivity contribution < 1.29 is 0 Å². The maximum absolute atomic E-state index is 5.27. The molecule has 1 N–H and O–H groups in total. The molecule has 1 unspecified atom stereocenters. The molecule has 0 aromatic carbocycles. The van der Waals surface area contributed by atoms with Crippen LogP contribution in [0.15, 0.2) is 0 Å². The van der Waals surface area contributed by atoms with Crippen LogP contribution in [0.25, 0.3) is 0 Å². The van der Waals surface area contributed by atoms with Crippen molar-refractivity contribution in [3.63, 3.8) is 0 Å². The topological polar surface area (TPSA) is 12.0 Å². The van der Waals surface area contributed by atoms with Crippen LogP contribution in [0.3, 0.4) is 0 Å². The molecule has 58 valence electrons. The molecule has 0 amide bonds. The van der Waals surface area contributed by atoms with E-state index in [1.54, 1.807) is 0 Å². The molecule has 0 spiro atoms. The van der Waals surface area contributed by atoms with E-state index in [2.05, 4.69) is 25.1 Å². The minimum absolute atomic E-state index is 0.259. The van der Waals surface area contributed by atoms with E-state index in [0.29, 0.717) is 0 Å². The van der Waals surface area contributed by atoms with Gasteiger partial charge >= 0.3 is 0 Å². The van der Waals surface area contributed by atoms with Crippen LogP contribution in [-0.2, 0) is 0 Å². The van der Waals surface area contributed by atoms with Crippen LogP contribution >= 0.6 is 11.8 Å². The zero-order valence-electron chi connectivity index (χ0n) is 6.68. The quantitative estimate of drug-likeness (QED) is 0.605. The first-order chi connectivity index (χ1) is 4.85. The minimum atomic E-state index is 0.259. The van der Waals surface area contributed by atoms with Crippen LogP contribution in [0.1, 0.15) is 13.8 Å². The van der Waals surface area contributed by atoms with Gasteiger partial charge in [0.2, 0.25) is 0 Å². The van der Waals surface area contributed by atoms with E-state index in [0.717, 1.165) is 18.1 Å². The zero-order chi connectivity index (χ0) is 7.82. The van der Waals surface area contributed by atoms with Crippen LogP contribution < -0.4 is 5.32 Å². The molecule has 10 heavy (non-hydrogen) atoms. The Balaban J connectivity index is 3.33. The number of thioether (sulfide) groups is 1. The van der Waals surface area contributed by atoms with Crippen molar-refractivity contribution in [2.24, 2.45) is 0 Å². The fraction of sp³-hybridized carbons (Fsp3) is 0.750. The van der Waals surface area contributed by atoms with Gasteiger partial charge in [0.05, 0.1) is 6.04 Å². The monoisotopic (exact) mass is 157 g/mol. The third-order valence-electron chi connectivity index (χ3n) is 1.14. The lowest BCUT2D eigenvalue weighted by Crippen LogP contribution is -2.29. The van der Waals surface area contributed by atoms with E-state index in [4.69, 9.17) is 6.42 Å². The molecule has 0 radical (unpaired) electrons. The third kappa shape index (κ3) is 4.72. The lowest BCUT2D eigenvalue weighted by Gasteiger charge is -2.08. The van der Waals surface area contributed by atoms with Gasteiger partial charge < -0.3 is 5.32 Å². The average Bonchev–Trinajstić information content (AvgIpc) is 1.98. The Bertz CT molecular complexity index is 106. The second-order valence-corrected chi connectivity index (χ2v) is 3.26. The Hall–Kier alpha value is -0.130. The van der Waals surface area contributed by atoms with Gasteiger partial charge in [-0.3, -0.25) is 0 Å². The summed E-state index contributed by atoms with van der Waals surface area (Å²) in [5.74, 6) is 4.88. The van der Waals surface area contributed by atoms with Gasteiger partial charge in [0, 0.05) is 5.75 Å². The van der Waals surface area contributed by atoms with Crippen molar-refractivity contribution in [3.8, 4) is 12.3 Å². The summed E-state index contributed by atoms with van der Waals surface area (Å²) in [6.07, 6.45) is 5.27. The summed E-state index contributed by atoms with van der Waals surface area (Å²) in [7, 11) is 0. The predicted molar refractivity (Wildman–Crippen MR) is 49.3 cm³/mol. The standard InChI is InChI=1S/C8H15NS/c1-4-8(9-5-2)7-10-6-3/h1,8-9H,5-7H2,2-3H3. The molecule has 0 aromatic rings. The average molecular weight is 157 g/mol. The number of hydrogen-bond acceptors (Lipinski definition) is 2. The SMILES string of the molecule is C#CC(CSCC)NCC. The molecule has 2 heteroatoms. The molecule has 0 rings (SSSR count). The van der Waals surface area contributed by atoms with E-state index in [1.807, 2.05) is 11.8 Å². The van der Waals surface area contributed by atoms with Crippen molar-refractivity contribution in [2.75, 3.05) is 18.1 Å². The van der Waals surface area contributed by atoms with Crippen molar-refractivity contribution in [2.45, 2.75) is 19.9 Å². The van der Waals surface area contributed by atoms with Gasteiger partial charge in [-0.2, -0.15) is 11.8 Å². The molecule has 0 fully saturated rings. The first-order valence-corrected chi connectivity index (χ1v) is 4.77. The summed E-state index contributed by atoms with van der Waals surface area (Å²) in [5.41, 5.74) is 0. The van der Waals surface area contributed by atoms with Crippen LogP contribution in [0.2, 0.25) is 0 Å². The van der Waals surface area contributed by atoms with Crippen molar-refractivity contribution in [3.05, 3.63) is 0 Å². The van der Waals surface area contributed by atoms with Crippen LogP contribution in [0, 0.1) is 12.3 Å². The van der Waals surface area contributed by atoms with Gasteiger partial charge in [-0.15, -0.1) is 6.42 Å². The normalized spacial score (nSPS) is 12.5. The molecule has 0 bridgehead atoms. The summed E-state index contributed by atoms with van der Waals surface area (Å²) >= 11 is 1.88.